The fraction of sp³-hybridized carbons (Fsp3) is 0.536. The number of fused-ring (bicyclic) bond motifs is 6. The van der Waals surface area contributed by atoms with Crippen LogP contribution in [0.4, 0.5) is 0 Å². The number of aliphatic hydroxyl groups excluding tert-OH is 1. The standard InChI is InChI=1S/C28H36N4O7/c1-11-14-7-18-28(37)32-17(22(31(18)4)15(14)9-20(33)25(11)38-5)8-16-21(19(32)10-30-27(36)13(3)29)24(35)26(39-6)12(2)23(16)34/h9,13,17-19,22,28,33,37H,7-8,10,29H2,1-6H3,(H,30,36)/t13-,17-,18-,19-,22-,28-/m0/s1. The van der Waals surface area contributed by atoms with Gasteiger partial charge in [-0.15, -0.1) is 0 Å². The zero-order valence-corrected chi connectivity index (χ0v) is 23.1. The summed E-state index contributed by atoms with van der Waals surface area (Å²) in [6, 6.07) is -0.963. The van der Waals surface area contributed by atoms with Gasteiger partial charge < -0.3 is 30.7 Å². The third-order valence-corrected chi connectivity index (χ3v) is 8.89. The average molecular weight is 541 g/mol. The fourth-order valence-corrected chi connectivity index (χ4v) is 7.01. The normalized spacial score (nSPS) is 29.5. The smallest absolute Gasteiger partial charge is 0.236 e. The first kappa shape index (κ1) is 27.3. The lowest BCUT2D eigenvalue weighted by Gasteiger charge is -2.60. The number of likely N-dealkylation sites (N-methyl/N-ethyl adjacent to an activating group) is 1. The second-order valence-corrected chi connectivity index (χ2v) is 10.9. The van der Waals surface area contributed by atoms with Crippen molar-refractivity contribution >= 4 is 17.5 Å². The molecule has 3 heterocycles. The van der Waals surface area contributed by atoms with Crippen LogP contribution in [-0.2, 0) is 25.5 Å². The van der Waals surface area contributed by atoms with Crippen molar-refractivity contribution in [1.29, 1.82) is 0 Å². The van der Waals surface area contributed by atoms with Crippen molar-refractivity contribution in [3.05, 3.63) is 45.2 Å². The van der Waals surface area contributed by atoms with E-state index in [9.17, 15) is 24.6 Å². The minimum Gasteiger partial charge on any atom is -0.504 e. The summed E-state index contributed by atoms with van der Waals surface area (Å²) in [4.78, 5) is 43.7. The number of phenols is 1. The van der Waals surface area contributed by atoms with Crippen molar-refractivity contribution in [2.24, 2.45) is 5.73 Å². The Hall–Kier alpha value is -3.25. The summed E-state index contributed by atoms with van der Waals surface area (Å²) in [6.45, 7) is 5.00. The number of methoxy groups -OCH3 is 2. The molecule has 1 fully saturated rings. The molecule has 1 aliphatic carbocycles. The average Bonchev–Trinajstić information content (AvgIpc) is 2.88. The van der Waals surface area contributed by atoms with E-state index in [1.54, 1.807) is 19.9 Å². The molecule has 1 saturated heterocycles. The number of hydrogen-bond donors (Lipinski definition) is 4. The number of aromatic hydroxyl groups is 1. The highest BCUT2D eigenvalue weighted by Crippen LogP contribution is 2.51. The van der Waals surface area contributed by atoms with Gasteiger partial charge in [0.05, 0.1) is 38.4 Å². The summed E-state index contributed by atoms with van der Waals surface area (Å²) < 4.78 is 10.8. The SMILES string of the molecule is COC1=C(C)C(=O)C2=C(C1=O)[C@H](CNC(=O)[C@H](C)N)N1[C@@H](O)[C@@H]3Cc4c(cc(O)c(OC)c4C)[C@@H]([C@@H]1C2)N3C. The van der Waals surface area contributed by atoms with Crippen LogP contribution in [0.2, 0.25) is 0 Å². The second kappa shape index (κ2) is 9.74. The van der Waals surface area contributed by atoms with E-state index in [1.165, 1.54) is 14.2 Å². The molecule has 6 atom stereocenters. The maximum Gasteiger partial charge on any atom is 0.236 e. The number of carbonyl (C=O) groups is 3. The number of allylic oxidation sites excluding steroid dienone is 2. The van der Waals surface area contributed by atoms with E-state index in [-0.39, 0.29) is 53.5 Å². The Bertz CT molecular complexity index is 1330. The molecule has 0 saturated carbocycles. The molecule has 4 aliphatic rings. The summed E-state index contributed by atoms with van der Waals surface area (Å²) in [5.74, 6) is -0.723. The van der Waals surface area contributed by atoms with E-state index in [2.05, 4.69) is 10.2 Å². The number of rotatable bonds is 5. The summed E-state index contributed by atoms with van der Waals surface area (Å²) in [5.41, 5.74) is 9.28. The lowest BCUT2D eigenvalue weighted by molar-refractivity contribution is -0.166. The summed E-state index contributed by atoms with van der Waals surface area (Å²) >= 11 is 0. The van der Waals surface area contributed by atoms with Crippen molar-refractivity contribution < 1.29 is 34.1 Å². The first-order chi connectivity index (χ1) is 18.4. The van der Waals surface area contributed by atoms with Crippen LogP contribution in [0, 0.1) is 6.92 Å². The van der Waals surface area contributed by atoms with Gasteiger partial charge in [-0.25, -0.2) is 0 Å². The predicted octanol–water partition coefficient (Wildman–Crippen LogP) is 0.214. The number of nitrogens with two attached hydrogens (primary N) is 1. The van der Waals surface area contributed by atoms with Crippen LogP contribution in [0.15, 0.2) is 28.5 Å². The van der Waals surface area contributed by atoms with Gasteiger partial charge in [-0.1, -0.05) is 0 Å². The Morgan fingerprint density at radius 2 is 1.87 bits per heavy atom. The van der Waals surface area contributed by atoms with E-state index in [0.717, 1.165) is 16.7 Å². The Morgan fingerprint density at radius 1 is 1.18 bits per heavy atom. The van der Waals surface area contributed by atoms with Gasteiger partial charge in [0.15, 0.2) is 23.0 Å². The molecule has 210 valence electrons. The molecular weight excluding hydrogens is 504 g/mol. The number of ether oxygens (including phenoxy) is 2. The van der Waals surface area contributed by atoms with E-state index < -0.39 is 36.0 Å². The topological polar surface area (TPSA) is 155 Å². The largest absolute Gasteiger partial charge is 0.504 e. The molecule has 39 heavy (non-hydrogen) atoms. The molecule has 0 spiro atoms. The first-order valence-electron chi connectivity index (χ1n) is 13.1. The van der Waals surface area contributed by atoms with Crippen LogP contribution in [0.3, 0.4) is 0 Å². The second-order valence-electron chi connectivity index (χ2n) is 10.9. The van der Waals surface area contributed by atoms with E-state index in [4.69, 9.17) is 15.2 Å². The third-order valence-electron chi connectivity index (χ3n) is 8.89. The monoisotopic (exact) mass is 540 g/mol. The number of piperazine rings is 1. The highest BCUT2D eigenvalue weighted by molar-refractivity contribution is 6.25. The molecule has 5 N–H and O–H groups in total. The van der Waals surface area contributed by atoms with Crippen LogP contribution in [0.25, 0.3) is 0 Å². The van der Waals surface area contributed by atoms with Crippen molar-refractivity contribution in [3.8, 4) is 11.5 Å². The zero-order chi connectivity index (χ0) is 28.5. The zero-order valence-electron chi connectivity index (χ0n) is 23.1. The number of nitrogens with one attached hydrogen (secondary N) is 1. The molecule has 1 aromatic rings. The van der Waals surface area contributed by atoms with E-state index >= 15 is 0 Å². The molecule has 5 rings (SSSR count). The number of hydrogen-bond acceptors (Lipinski definition) is 10. The van der Waals surface area contributed by atoms with Crippen LogP contribution in [0.1, 0.15) is 43.0 Å². The molecule has 2 bridgehead atoms. The van der Waals surface area contributed by atoms with Gasteiger partial charge in [-0.2, -0.15) is 0 Å². The summed E-state index contributed by atoms with van der Waals surface area (Å²) in [7, 11) is 4.78. The van der Waals surface area contributed by atoms with Gasteiger partial charge in [0.1, 0.15) is 6.23 Å². The molecule has 11 heteroatoms. The van der Waals surface area contributed by atoms with Crippen molar-refractivity contribution in [1.82, 2.24) is 15.1 Å². The highest BCUT2D eigenvalue weighted by atomic mass is 16.5. The Balaban J connectivity index is 1.68. The first-order valence-corrected chi connectivity index (χ1v) is 13.1. The highest BCUT2D eigenvalue weighted by Gasteiger charge is 2.57. The van der Waals surface area contributed by atoms with Crippen molar-refractivity contribution in [3.63, 3.8) is 0 Å². The molecule has 0 aromatic heterocycles. The van der Waals surface area contributed by atoms with Gasteiger partial charge in [0.2, 0.25) is 11.7 Å². The maximum absolute atomic E-state index is 13.7. The number of phenolic OH excluding ortho intramolecular Hbond substituents is 1. The van der Waals surface area contributed by atoms with Crippen molar-refractivity contribution in [2.45, 2.75) is 70.0 Å². The van der Waals surface area contributed by atoms with Gasteiger partial charge >= 0.3 is 0 Å². The van der Waals surface area contributed by atoms with E-state index in [0.29, 0.717) is 17.7 Å². The number of aliphatic hydroxyl groups is 1. The van der Waals surface area contributed by atoms with Crippen LogP contribution in [-0.4, -0.2) is 95.7 Å². The Labute approximate surface area is 227 Å². The quantitative estimate of drug-likeness (QED) is 0.381. The maximum atomic E-state index is 13.7. The Morgan fingerprint density at radius 3 is 2.49 bits per heavy atom. The molecule has 11 nitrogen and oxygen atoms in total. The summed E-state index contributed by atoms with van der Waals surface area (Å²) in [6.07, 6.45) is -0.332. The minimum absolute atomic E-state index is 0.0159. The van der Waals surface area contributed by atoms with Gasteiger partial charge in [-0.05, 0) is 63.4 Å². The number of ketones is 2. The predicted molar refractivity (Wildman–Crippen MR) is 141 cm³/mol. The molecule has 1 amide bonds. The van der Waals surface area contributed by atoms with E-state index in [1.807, 2.05) is 18.9 Å². The van der Waals surface area contributed by atoms with Gasteiger partial charge in [0, 0.05) is 29.3 Å². The minimum atomic E-state index is -1.02. The fourth-order valence-electron chi connectivity index (χ4n) is 7.01. The van der Waals surface area contributed by atoms with Gasteiger partial charge in [0.25, 0.3) is 0 Å². The molecular formula is C28H36N4O7. The van der Waals surface area contributed by atoms with Crippen LogP contribution in [0.5, 0.6) is 11.5 Å². The molecule has 3 aliphatic heterocycles. The van der Waals surface area contributed by atoms with Crippen LogP contribution >= 0.6 is 0 Å². The van der Waals surface area contributed by atoms with Crippen LogP contribution < -0.4 is 15.8 Å². The lowest BCUT2D eigenvalue weighted by atomic mass is 9.70. The Kier molecular flexibility index (Phi) is 6.82. The molecule has 0 unspecified atom stereocenters. The van der Waals surface area contributed by atoms with Crippen molar-refractivity contribution in [2.75, 3.05) is 27.8 Å². The molecule has 1 aromatic carbocycles. The lowest BCUT2D eigenvalue weighted by Crippen LogP contribution is -2.71. The number of carbonyl (C=O) groups excluding carboxylic acids is 3. The number of benzene rings is 1. The third kappa shape index (κ3) is 3.90. The number of amides is 1. The van der Waals surface area contributed by atoms with Gasteiger partial charge in [-0.3, -0.25) is 24.2 Å². The number of Topliss-reactive ketones (excluding diaryl/α,β-unsaturated/α-hetero) is 2. The molecule has 0 radical (unpaired) electrons. The summed E-state index contributed by atoms with van der Waals surface area (Å²) in [5, 5.41) is 25.4. The number of nitrogens with zero attached hydrogens (tertiary/aromatic N) is 2.